The minimum absolute atomic E-state index is 0.0309. The molecule has 0 aliphatic heterocycles. The lowest BCUT2D eigenvalue weighted by Crippen LogP contribution is -2.28. The van der Waals surface area contributed by atoms with E-state index in [0.717, 1.165) is 10.6 Å². The molecule has 2 aromatic heterocycles. The first-order chi connectivity index (χ1) is 11.6. The largest absolute Gasteiger partial charge is 0.467 e. The van der Waals surface area contributed by atoms with Gasteiger partial charge in [-0.05, 0) is 29.8 Å². The first-order valence-corrected chi connectivity index (χ1v) is 8.18. The molecule has 0 radical (unpaired) electrons. The van der Waals surface area contributed by atoms with Crippen LogP contribution in [0.1, 0.15) is 32.9 Å². The number of aromatic nitrogens is 1. The number of aliphatic hydroxyl groups excluding tert-OH is 1. The van der Waals surface area contributed by atoms with Gasteiger partial charge in [-0.3, -0.25) is 4.79 Å². The van der Waals surface area contributed by atoms with Crippen LogP contribution in [-0.2, 0) is 6.42 Å². The first kappa shape index (κ1) is 16.4. The zero-order valence-corrected chi connectivity index (χ0v) is 13.4. The van der Waals surface area contributed by atoms with E-state index in [9.17, 15) is 14.3 Å². The molecular weight excluding hydrogens is 331 g/mol. The van der Waals surface area contributed by atoms with Crippen LogP contribution in [-0.4, -0.2) is 22.5 Å². The van der Waals surface area contributed by atoms with Gasteiger partial charge in [0.15, 0.2) is 0 Å². The summed E-state index contributed by atoms with van der Waals surface area (Å²) in [5, 5.41) is 14.8. The number of nitrogens with zero attached hydrogens (tertiary/aromatic N) is 1. The Morgan fingerprint density at radius 1 is 1.38 bits per heavy atom. The molecule has 2 heterocycles. The molecule has 0 aliphatic carbocycles. The van der Waals surface area contributed by atoms with E-state index in [1.165, 1.54) is 29.7 Å². The second-order valence-corrected chi connectivity index (χ2v) is 6.12. The minimum atomic E-state index is -0.908. The summed E-state index contributed by atoms with van der Waals surface area (Å²) in [6, 6.07) is 9.58. The van der Waals surface area contributed by atoms with Gasteiger partial charge in [0.25, 0.3) is 5.91 Å². The Labute approximate surface area is 141 Å². The number of thiazole rings is 1. The van der Waals surface area contributed by atoms with Crippen molar-refractivity contribution in [2.45, 2.75) is 12.5 Å². The predicted octanol–water partition coefficient (Wildman–Crippen LogP) is 2.93. The van der Waals surface area contributed by atoms with Crippen LogP contribution in [0.5, 0.6) is 0 Å². The summed E-state index contributed by atoms with van der Waals surface area (Å²) < 4.78 is 18.3. The van der Waals surface area contributed by atoms with Crippen LogP contribution >= 0.6 is 11.3 Å². The molecule has 1 aromatic carbocycles. The molecule has 0 aliphatic rings. The number of rotatable bonds is 6. The highest BCUT2D eigenvalue weighted by Gasteiger charge is 2.15. The highest BCUT2D eigenvalue weighted by atomic mass is 32.1. The number of hydrogen-bond donors (Lipinski definition) is 2. The highest BCUT2D eigenvalue weighted by molar-refractivity contribution is 7.09. The number of benzene rings is 1. The number of hydrogen-bond acceptors (Lipinski definition) is 5. The second kappa shape index (κ2) is 7.37. The molecule has 0 saturated carbocycles. The van der Waals surface area contributed by atoms with Crippen molar-refractivity contribution >= 4 is 17.2 Å². The van der Waals surface area contributed by atoms with Crippen molar-refractivity contribution in [2.75, 3.05) is 6.54 Å². The Hall–Kier alpha value is -2.51. The molecule has 3 aromatic rings. The van der Waals surface area contributed by atoms with Crippen LogP contribution in [0.15, 0.2) is 52.5 Å². The average Bonchev–Trinajstić information content (AvgIpc) is 3.24. The molecule has 7 heteroatoms. The molecule has 3 rings (SSSR count). The average molecular weight is 346 g/mol. The van der Waals surface area contributed by atoms with Gasteiger partial charge in [-0.25, -0.2) is 9.37 Å². The summed E-state index contributed by atoms with van der Waals surface area (Å²) in [7, 11) is 0. The summed E-state index contributed by atoms with van der Waals surface area (Å²) in [5.74, 6) is -0.281. The lowest BCUT2D eigenvalue weighted by molar-refractivity contribution is 0.0897. The van der Waals surface area contributed by atoms with E-state index in [1.807, 2.05) is 6.07 Å². The molecule has 24 heavy (non-hydrogen) atoms. The number of carbonyl (C=O) groups excluding carboxylic acids is 1. The predicted molar refractivity (Wildman–Crippen MR) is 87.3 cm³/mol. The fraction of sp³-hybridized carbons (Fsp3) is 0.176. The van der Waals surface area contributed by atoms with Gasteiger partial charge in [0.05, 0.1) is 17.8 Å². The van der Waals surface area contributed by atoms with Crippen molar-refractivity contribution in [3.05, 3.63) is 75.9 Å². The van der Waals surface area contributed by atoms with Crippen molar-refractivity contribution in [2.24, 2.45) is 0 Å². The highest BCUT2D eigenvalue weighted by Crippen LogP contribution is 2.16. The lowest BCUT2D eigenvalue weighted by Gasteiger charge is -2.08. The van der Waals surface area contributed by atoms with Gasteiger partial charge in [0.2, 0.25) is 0 Å². The van der Waals surface area contributed by atoms with Crippen molar-refractivity contribution in [3.63, 3.8) is 0 Å². The summed E-state index contributed by atoms with van der Waals surface area (Å²) in [5.41, 5.74) is 1.07. The van der Waals surface area contributed by atoms with Gasteiger partial charge in [-0.1, -0.05) is 12.1 Å². The lowest BCUT2D eigenvalue weighted by atomic mass is 10.1. The van der Waals surface area contributed by atoms with E-state index in [2.05, 4.69) is 10.3 Å². The molecule has 2 N–H and O–H groups in total. The van der Waals surface area contributed by atoms with Crippen LogP contribution in [0, 0.1) is 5.82 Å². The number of furan rings is 1. The molecule has 5 nitrogen and oxygen atoms in total. The van der Waals surface area contributed by atoms with Crippen molar-refractivity contribution in [1.29, 1.82) is 0 Å². The Morgan fingerprint density at radius 2 is 2.25 bits per heavy atom. The normalized spacial score (nSPS) is 12.1. The molecule has 0 spiro atoms. The maximum Gasteiger partial charge on any atom is 0.270 e. The van der Waals surface area contributed by atoms with Crippen LogP contribution in [0.4, 0.5) is 4.39 Å². The van der Waals surface area contributed by atoms with Gasteiger partial charge >= 0.3 is 0 Å². The van der Waals surface area contributed by atoms with E-state index in [-0.39, 0.29) is 24.0 Å². The molecule has 1 amide bonds. The van der Waals surface area contributed by atoms with E-state index >= 15 is 0 Å². The third-order valence-electron chi connectivity index (χ3n) is 3.36. The number of carbonyl (C=O) groups is 1. The molecular formula is C17H15FN2O3S. The molecule has 0 bridgehead atoms. The number of nitrogens with one attached hydrogen (secondary N) is 1. The standard InChI is InChI=1S/C17H15FN2O3S/c18-12-4-1-3-11(7-12)8-16-20-13(10-24-16)17(22)19-9-14(21)15-5-2-6-23-15/h1-7,10,14,21H,8-9H2,(H,19,22). The summed E-state index contributed by atoms with van der Waals surface area (Å²) in [4.78, 5) is 16.3. The SMILES string of the molecule is O=C(NCC(O)c1ccco1)c1csc(Cc2cccc(F)c2)n1. The molecule has 1 unspecified atom stereocenters. The molecule has 124 valence electrons. The zero-order valence-electron chi connectivity index (χ0n) is 12.6. The van der Waals surface area contributed by atoms with Gasteiger partial charge in [0, 0.05) is 11.8 Å². The van der Waals surface area contributed by atoms with Crippen LogP contribution < -0.4 is 5.32 Å². The third-order valence-corrected chi connectivity index (χ3v) is 4.21. The minimum Gasteiger partial charge on any atom is -0.467 e. The van der Waals surface area contributed by atoms with Gasteiger partial charge in [0.1, 0.15) is 23.4 Å². The van der Waals surface area contributed by atoms with E-state index in [4.69, 9.17) is 4.42 Å². The first-order valence-electron chi connectivity index (χ1n) is 7.30. The van der Waals surface area contributed by atoms with Crippen molar-refractivity contribution < 1.29 is 18.7 Å². The quantitative estimate of drug-likeness (QED) is 0.720. The number of aliphatic hydroxyl groups is 1. The third kappa shape index (κ3) is 4.06. The van der Waals surface area contributed by atoms with Crippen LogP contribution in [0.25, 0.3) is 0 Å². The zero-order chi connectivity index (χ0) is 16.9. The van der Waals surface area contributed by atoms with E-state index in [1.54, 1.807) is 23.6 Å². The Bertz CT molecular complexity index is 817. The smallest absolute Gasteiger partial charge is 0.270 e. The summed E-state index contributed by atoms with van der Waals surface area (Å²) >= 11 is 1.34. The number of halogens is 1. The Kier molecular flexibility index (Phi) is 5.02. The maximum atomic E-state index is 13.2. The van der Waals surface area contributed by atoms with E-state index < -0.39 is 6.10 Å². The molecule has 0 saturated heterocycles. The fourth-order valence-corrected chi connectivity index (χ4v) is 2.99. The molecule has 0 fully saturated rings. The van der Waals surface area contributed by atoms with Crippen molar-refractivity contribution in [1.82, 2.24) is 10.3 Å². The van der Waals surface area contributed by atoms with Gasteiger partial charge in [-0.2, -0.15) is 0 Å². The summed E-state index contributed by atoms with van der Waals surface area (Å²) in [6.07, 6.45) is 1.01. The summed E-state index contributed by atoms with van der Waals surface area (Å²) in [6.45, 7) is 0.0309. The van der Waals surface area contributed by atoms with Crippen LogP contribution in [0.2, 0.25) is 0 Å². The molecule has 1 atom stereocenters. The van der Waals surface area contributed by atoms with Crippen molar-refractivity contribution in [3.8, 4) is 0 Å². The second-order valence-electron chi connectivity index (χ2n) is 5.17. The monoisotopic (exact) mass is 346 g/mol. The maximum absolute atomic E-state index is 13.2. The Morgan fingerprint density at radius 3 is 3.00 bits per heavy atom. The fourth-order valence-electron chi connectivity index (χ4n) is 2.18. The Balaban J connectivity index is 1.57. The van der Waals surface area contributed by atoms with Crippen LogP contribution in [0.3, 0.4) is 0 Å². The number of amides is 1. The van der Waals surface area contributed by atoms with Gasteiger partial charge < -0.3 is 14.8 Å². The van der Waals surface area contributed by atoms with Gasteiger partial charge in [-0.15, -0.1) is 11.3 Å². The van der Waals surface area contributed by atoms with E-state index in [0.29, 0.717) is 12.2 Å². The topological polar surface area (TPSA) is 75.4 Å².